The molecule has 0 aliphatic carbocycles. The molecule has 2 aromatic heterocycles. The first-order valence-electron chi connectivity index (χ1n) is 7.59. The number of carboxylic acids is 1. The van der Waals surface area contributed by atoms with Gasteiger partial charge in [0.05, 0.1) is 11.3 Å². The predicted molar refractivity (Wildman–Crippen MR) is 80.7 cm³/mol. The van der Waals surface area contributed by atoms with Crippen LogP contribution in [0.4, 0.5) is 0 Å². The monoisotopic (exact) mass is 287 g/mol. The van der Waals surface area contributed by atoms with Gasteiger partial charge >= 0.3 is 5.97 Å². The van der Waals surface area contributed by atoms with E-state index in [4.69, 9.17) is 5.11 Å². The number of likely N-dealkylation sites (tertiary alicyclic amines) is 1. The topological polar surface area (TPSA) is 57.8 Å². The lowest BCUT2D eigenvalue weighted by molar-refractivity contribution is 0.0697. The highest BCUT2D eigenvalue weighted by Crippen LogP contribution is 2.21. The zero-order valence-electron chi connectivity index (χ0n) is 12.3. The number of hydrogen-bond donors (Lipinski definition) is 1. The van der Waals surface area contributed by atoms with E-state index in [-0.39, 0.29) is 5.56 Å². The van der Waals surface area contributed by atoms with Crippen molar-refractivity contribution in [1.29, 1.82) is 0 Å². The minimum atomic E-state index is -0.908. The summed E-state index contributed by atoms with van der Waals surface area (Å²) in [5.41, 5.74) is 2.07. The van der Waals surface area contributed by atoms with Crippen LogP contribution in [-0.4, -0.2) is 45.0 Å². The van der Waals surface area contributed by atoms with Crippen LogP contribution in [0, 0.1) is 5.92 Å². The summed E-state index contributed by atoms with van der Waals surface area (Å²) >= 11 is 0. The third-order valence-corrected chi connectivity index (χ3v) is 4.41. The van der Waals surface area contributed by atoms with Crippen molar-refractivity contribution in [3.05, 3.63) is 35.8 Å². The highest BCUT2D eigenvalue weighted by molar-refractivity contribution is 5.88. The van der Waals surface area contributed by atoms with Gasteiger partial charge in [0.25, 0.3) is 0 Å². The molecule has 5 nitrogen and oxygen atoms in total. The van der Waals surface area contributed by atoms with E-state index >= 15 is 0 Å². The Labute approximate surface area is 124 Å². The van der Waals surface area contributed by atoms with Gasteiger partial charge in [-0.05, 0) is 56.9 Å². The van der Waals surface area contributed by atoms with Gasteiger partial charge in [0.15, 0.2) is 0 Å². The fraction of sp³-hybridized carbons (Fsp3) is 0.500. The van der Waals surface area contributed by atoms with Crippen molar-refractivity contribution in [2.45, 2.75) is 26.2 Å². The van der Waals surface area contributed by atoms with Crippen molar-refractivity contribution >= 4 is 11.6 Å². The van der Waals surface area contributed by atoms with Gasteiger partial charge in [-0.3, -0.25) is 0 Å². The normalized spacial score (nSPS) is 17.4. The molecule has 1 fully saturated rings. The molecule has 3 heterocycles. The van der Waals surface area contributed by atoms with Gasteiger partial charge in [-0.1, -0.05) is 6.92 Å². The lowest BCUT2D eigenvalue weighted by Crippen LogP contribution is -2.34. The summed E-state index contributed by atoms with van der Waals surface area (Å²) in [7, 11) is 0. The van der Waals surface area contributed by atoms with Crippen LogP contribution >= 0.6 is 0 Å². The second-order valence-electron chi connectivity index (χ2n) is 5.80. The number of imidazole rings is 1. The largest absolute Gasteiger partial charge is 0.478 e. The van der Waals surface area contributed by atoms with Crippen LogP contribution in [0.25, 0.3) is 5.65 Å². The first-order valence-corrected chi connectivity index (χ1v) is 7.59. The lowest BCUT2D eigenvalue weighted by atomic mass is 9.92. The quantitative estimate of drug-likeness (QED) is 0.937. The molecular weight excluding hydrogens is 266 g/mol. The number of aromatic carboxylic acids is 1. The fourth-order valence-corrected chi connectivity index (χ4v) is 3.07. The number of carboxylic acid groups (broad SMARTS) is 1. The summed E-state index contributed by atoms with van der Waals surface area (Å²) in [6.45, 7) is 5.71. The van der Waals surface area contributed by atoms with E-state index in [0.29, 0.717) is 5.92 Å². The Hall–Kier alpha value is -1.88. The average molecular weight is 287 g/mol. The number of carbonyl (C=O) groups is 1. The number of rotatable bonds is 4. The Morgan fingerprint density at radius 2 is 2.19 bits per heavy atom. The summed E-state index contributed by atoms with van der Waals surface area (Å²) in [5, 5.41) is 9.02. The van der Waals surface area contributed by atoms with E-state index in [0.717, 1.165) is 24.3 Å². The van der Waals surface area contributed by atoms with Crippen LogP contribution in [0.3, 0.4) is 0 Å². The molecule has 1 aliphatic heterocycles. The van der Waals surface area contributed by atoms with Gasteiger partial charge in [0.1, 0.15) is 5.65 Å². The van der Waals surface area contributed by atoms with Crippen molar-refractivity contribution in [1.82, 2.24) is 14.3 Å². The number of pyridine rings is 1. The van der Waals surface area contributed by atoms with Gasteiger partial charge in [0.2, 0.25) is 0 Å². The molecule has 0 spiro atoms. The molecule has 0 amide bonds. The van der Waals surface area contributed by atoms with Crippen molar-refractivity contribution in [3.63, 3.8) is 0 Å². The van der Waals surface area contributed by atoms with E-state index in [1.165, 1.54) is 25.9 Å². The maximum Gasteiger partial charge on any atom is 0.335 e. The maximum absolute atomic E-state index is 11.0. The molecule has 0 radical (unpaired) electrons. The smallest absolute Gasteiger partial charge is 0.335 e. The molecule has 3 rings (SSSR count). The molecule has 1 N–H and O–H groups in total. The number of fused-ring (bicyclic) bond motifs is 1. The molecule has 0 bridgehead atoms. The minimum Gasteiger partial charge on any atom is -0.478 e. The van der Waals surface area contributed by atoms with Crippen LogP contribution in [0.5, 0.6) is 0 Å². The summed E-state index contributed by atoms with van der Waals surface area (Å²) in [4.78, 5) is 18.0. The molecule has 0 unspecified atom stereocenters. The Kier molecular flexibility index (Phi) is 3.92. The van der Waals surface area contributed by atoms with Crippen LogP contribution in [-0.2, 0) is 6.42 Å². The molecular formula is C16H21N3O2. The van der Waals surface area contributed by atoms with Crippen LogP contribution in [0.1, 0.15) is 35.8 Å². The minimum absolute atomic E-state index is 0.288. The van der Waals surface area contributed by atoms with E-state index in [2.05, 4.69) is 16.8 Å². The molecule has 1 saturated heterocycles. The van der Waals surface area contributed by atoms with Crippen molar-refractivity contribution in [2.75, 3.05) is 19.6 Å². The van der Waals surface area contributed by atoms with Crippen LogP contribution in [0.2, 0.25) is 0 Å². The van der Waals surface area contributed by atoms with Gasteiger partial charge in [-0.2, -0.15) is 0 Å². The van der Waals surface area contributed by atoms with Crippen molar-refractivity contribution in [2.24, 2.45) is 5.92 Å². The summed E-state index contributed by atoms with van der Waals surface area (Å²) in [5.74, 6) is -0.217. The molecule has 0 saturated carbocycles. The molecule has 1 aliphatic rings. The number of aromatic nitrogens is 2. The Morgan fingerprint density at radius 3 is 2.86 bits per heavy atom. The first-order chi connectivity index (χ1) is 10.2. The number of piperidine rings is 1. The second kappa shape index (κ2) is 5.85. The molecule has 5 heteroatoms. The lowest BCUT2D eigenvalue weighted by Gasteiger charge is -2.30. The van der Waals surface area contributed by atoms with Gasteiger partial charge in [-0.25, -0.2) is 9.78 Å². The third-order valence-electron chi connectivity index (χ3n) is 4.41. The standard InChI is InChI=1S/C16H21N3O2/c1-2-18-6-3-12(4-7-18)9-14-11-19-8-5-13(16(20)21)10-15(19)17-14/h5,8,10-12H,2-4,6-7,9H2,1H3,(H,20,21). The molecule has 0 aromatic carbocycles. The SMILES string of the molecule is CCN1CCC(Cc2cn3ccc(C(=O)O)cc3n2)CC1. The first kappa shape index (κ1) is 14.1. The van der Waals surface area contributed by atoms with E-state index in [9.17, 15) is 4.79 Å². The second-order valence-corrected chi connectivity index (χ2v) is 5.80. The summed E-state index contributed by atoms with van der Waals surface area (Å²) in [6, 6.07) is 3.24. The van der Waals surface area contributed by atoms with Crippen LogP contribution in [0.15, 0.2) is 24.5 Å². The Morgan fingerprint density at radius 1 is 1.43 bits per heavy atom. The zero-order valence-corrected chi connectivity index (χ0v) is 12.3. The van der Waals surface area contributed by atoms with E-state index in [1.54, 1.807) is 18.3 Å². The predicted octanol–water partition coefficient (Wildman–Crippen LogP) is 2.31. The zero-order chi connectivity index (χ0) is 14.8. The van der Waals surface area contributed by atoms with E-state index in [1.807, 2.05) is 10.6 Å². The van der Waals surface area contributed by atoms with Gasteiger partial charge < -0.3 is 14.4 Å². The van der Waals surface area contributed by atoms with E-state index < -0.39 is 5.97 Å². The number of nitrogens with zero attached hydrogens (tertiary/aromatic N) is 3. The molecule has 21 heavy (non-hydrogen) atoms. The molecule has 112 valence electrons. The number of hydrogen-bond acceptors (Lipinski definition) is 3. The highest BCUT2D eigenvalue weighted by Gasteiger charge is 2.19. The summed E-state index contributed by atoms with van der Waals surface area (Å²) in [6.07, 6.45) is 7.23. The Bertz CT molecular complexity index is 642. The summed E-state index contributed by atoms with van der Waals surface area (Å²) < 4.78 is 1.91. The van der Waals surface area contributed by atoms with Crippen molar-refractivity contribution in [3.8, 4) is 0 Å². The van der Waals surface area contributed by atoms with Gasteiger partial charge in [0, 0.05) is 12.4 Å². The maximum atomic E-state index is 11.0. The third kappa shape index (κ3) is 3.08. The van der Waals surface area contributed by atoms with Gasteiger partial charge in [-0.15, -0.1) is 0 Å². The molecule has 0 atom stereocenters. The molecule has 2 aromatic rings. The van der Waals surface area contributed by atoms with Crippen LogP contribution < -0.4 is 0 Å². The highest BCUT2D eigenvalue weighted by atomic mass is 16.4. The Balaban J connectivity index is 1.71. The van der Waals surface area contributed by atoms with Crippen molar-refractivity contribution < 1.29 is 9.90 Å². The average Bonchev–Trinajstić information content (AvgIpc) is 2.89. The fourth-order valence-electron chi connectivity index (χ4n) is 3.07.